The van der Waals surface area contributed by atoms with E-state index in [1.165, 1.54) is 19.3 Å². The molecular weight excluding hydrogens is 346 g/mol. The van der Waals surface area contributed by atoms with E-state index in [-0.39, 0.29) is 23.1 Å². The van der Waals surface area contributed by atoms with Crippen LogP contribution in [0, 0.1) is 23.5 Å². The van der Waals surface area contributed by atoms with Gasteiger partial charge in [0, 0.05) is 23.6 Å². The second kappa shape index (κ2) is 7.49. The van der Waals surface area contributed by atoms with Crippen LogP contribution in [0.1, 0.15) is 61.1 Å². The summed E-state index contributed by atoms with van der Waals surface area (Å²) in [5.74, 6) is -0.498. The molecule has 1 N–H and O–H groups in total. The van der Waals surface area contributed by atoms with Crippen LogP contribution in [0.5, 0.6) is 11.5 Å². The maximum absolute atomic E-state index is 14.9. The Kier molecular flexibility index (Phi) is 5.07. The van der Waals surface area contributed by atoms with E-state index in [1.807, 2.05) is 18.2 Å². The number of ether oxygens (including phenoxy) is 1. The Labute approximate surface area is 159 Å². The maximum Gasteiger partial charge on any atom is 0.133 e. The van der Waals surface area contributed by atoms with Crippen LogP contribution in [0.3, 0.4) is 0 Å². The van der Waals surface area contributed by atoms with E-state index in [1.54, 1.807) is 7.11 Å². The molecule has 0 bridgehead atoms. The Morgan fingerprint density at radius 1 is 0.963 bits per heavy atom. The van der Waals surface area contributed by atoms with Gasteiger partial charge in [-0.15, -0.1) is 0 Å². The predicted molar refractivity (Wildman–Crippen MR) is 101 cm³/mol. The number of phenolic OH excluding ortho intramolecular Hbond substituents is 1. The van der Waals surface area contributed by atoms with Gasteiger partial charge in [0.15, 0.2) is 0 Å². The third kappa shape index (κ3) is 3.42. The molecule has 1 saturated carbocycles. The molecular formula is C23H26F2O2. The Bertz CT molecular complexity index is 804. The standard InChI is InChI=1S/C23H26F2O2/c1-27-17-8-10-19-15(11-17)7-9-18(14-5-3-2-4-6-14)22(19)23-20(24)12-16(26)13-21(23)25/h8,10-14,18,22,26H,2-7,9H2,1H3. The van der Waals surface area contributed by atoms with Gasteiger partial charge in [-0.25, -0.2) is 8.78 Å². The van der Waals surface area contributed by atoms with Crippen molar-refractivity contribution in [2.24, 2.45) is 11.8 Å². The molecule has 2 atom stereocenters. The van der Waals surface area contributed by atoms with Crippen LogP contribution in [-0.4, -0.2) is 12.2 Å². The van der Waals surface area contributed by atoms with Crippen LogP contribution in [-0.2, 0) is 6.42 Å². The van der Waals surface area contributed by atoms with Crippen molar-refractivity contribution in [3.8, 4) is 11.5 Å². The van der Waals surface area contributed by atoms with Gasteiger partial charge in [-0.1, -0.05) is 38.2 Å². The van der Waals surface area contributed by atoms with Crippen molar-refractivity contribution >= 4 is 0 Å². The van der Waals surface area contributed by atoms with Crippen LogP contribution in [0.2, 0.25) is 0 Å². The molecule has 144 valence electrons. The van der Waals surface area contributed by atoms with Crippen molar-refractivity contribution in [3.05, 3.63) is 58.7 Å². The van der Waals surface area contributed by atoms with E-state index < -0.39 is 11.6 Å². The summed E-state index contributed by atoms with van der Waals surface area (Å²) < 4.78 is 35.0. The largest absolute Gasteiger partial charge is 0.508 e. The third-order valence-corrected chi connectivity index (χ3v) is 6.49. The molecule has 0 aliphatic heterocycles. The number of hydrogen-bond acceptors (Lipinski definition) is 2. The molecule has 0 aromatic heterocycles. The van der Waals surface area contributed by atoms with Crippen LogP contribution >= 0.6 is 0 Å². The summed E-state index contributed by atoms with van der Waals surface area (Å²) in [6.45, 7) is 0. The van der Waals surface area contributed by atoms with Crippen molar-refractivity contribution in [3.63, 3.8) is 0 Å². The van der Waals surface area contributed by atoms with Crippen molar-refractivity contribution < 1.29 is 18.6 Å². The average molecular weight is 372 g/mol. The molecule has 4 heteroatoms. The summed E-state index contributed by atoms with van der Waals surface area (Å²) >= 11 is 0. The zero-order valence-corrected chi connectivity index (χ0v) is 15.7. The van der Waals surface area contributed by atoms with E-state index in [0.29, 0.717) is 5.92 Å². The smallest absolute Gasteiger partial charge is 0.133 e. The lowest BCUT2D eigenvalue weighted by Crippen LogP contribution is -2.30. The maximum atomic E-state index is 14.9. The first-order valence-corrected chi connectivity index (χ1v) is 9.93. The van der Waals surface area contributed by atoms with E-state index in [2.05, 4.69) is 0 Å². The second-order valence-corrected chi connectivity index (χ2v) is 7.97. The Hall–Kier alpha value is -2.10. The Morgan fingerprint density at radius 2 is 1.67 bits per heavy atom. The number of hydrogen-bond donors (Lipinski definition) is 1. The number of benzene rings is 2. The van der Waals surface area contributed by atoms with Gasteiger partial charge in [-0.2, -0.15) is 0 Å². The molecule has 27 heavy (non-hydrogen) atoms. The highest BCUT2D eigenvalue weighted by Gasteiger charge is 2.39. The highest BCUT2D eigenvalue weighted by molar-refractivity contribution is 5.46. The SMILES string of the molecule is COc1ccc2c(c1)CCC(C1CCCCC1)C2c1c(F)cc(O)cc1F. The molecule has 2 unspecified atom stereocenters. The average Bonchev–Trinajstić information content (AvgIpc) is 2.67. The lowest BCUT2D eigenvalue weighted by molar-refractivity contribution is 0.204. The van der Waals surface area contributed by atoms with Crippen LogP contribution < -0.4 is 4.74 Å². The first-order chi connectivity index (χ1) is 13.1. The Morgan fingerprint density at radius 3 is 2.33 bits per heavy atom. The van der Waals surface area contributed by atoms with Crippen molar-refractivity contribution in [2.45, 2.75) is 50.9 Å². The number of aryl methyl sites for hydroxylation is 1. The molecule has 0 radical (unpaired) electrons. The lowest BCUT2D eigenvalue weighted by atomic mass is 9.64. The first kappa shape index (κ1) is 18.3. The van der Waals surface area contributed by atoms with E-state index in [0.717, 1.165) is 54.7 Å². The van der Waals surface area contributed by atoms with Gasteiger partial charge in [0.05, 0.1) is 7.11 Å². The number of halogens is 2. The van der Waals surface area contributed by atoms with Gasteiger partial charge in [0.25, 0.3) is 0 Å². The predicted octanol–water partition coefficient (Wildman–Crippen LogP) is 5.95. The topological polar surface area (TPSA) is 29.5 Å². The van der Waals surface area contributed by atoms with Crippen molar-refractivity contribution in [1.29, 1.82) is 0 Å². The molecule has 2 nitrogen and oxygen atoms in total. The molecule has 1 fully saturated rings. The lowest BCUT2D eigenvalue weighted by Gasteiger charge is -2.40. The van der Waals surface area contributed by atoms with Gasteiger partial charge >= 0.3 is 0 Å². The normalized spacial score (nSPS) is 23.1. The van der Waals surface area contributed by atoms with Gasteiger partial charge < -0.3 is 9.84 Å². The highest BCUT2D eigenvalue weighted by Crippen LogP contribution is 2.49. The summed E-state index contributed by atoms with van der Waals surface area (Å²) in [6, 6.07) is 7.92. The zero-order chi connectivity index (χ0) is 19.0. The third-order valence-electron chi connectivity index (χ3n) is 6.49. The minimum Gasteiger partial charge on any atom is -0.508 e. The minimum absolute atomic E-state index is 0.106. The van der Waals surface area contributed by atoms with E-state index in [4.69, 9.17) is 4.74 Å². The molecule has 0 amide bonds. The van der Waals surface area contributed by atoms with E-state index in [9.17, 15) is 13.9 Å². The summed E-state index contributed by atoms with van der Waals surface area (Å²) in [5.41, 5.74) is 2.22. The number of methoxy groups -OCH3 is 1. The molecule has 0 saturated heterocycles. The van der Waals surface area contributed by atoms with Crippen LogP contribution in [0.15, 0.2) is 30.3 Å². The summed E-state index contributed by atoms with van der Waals surface area (Å²) in [5, 5.41) is 9.60. The van der Waals surface area contributed by atoms with E-state index >= 15 is 0 Å². The molecule has 0 spiro atoms. The fraction of sp³-hybridized carbons (Fsp3) is 0.478. The van der Waals surface area contributed by atoms with Crippen molar-refractivity contribution in [2.75, 3.05) is 7.11 Å². The van der Waals surface area contributed by atoms with Gasteiger partial charge in [-0.3, -0.25) is 0 Å². The zero-order valence-electron chi connectivity index (χ0n) is 15.7. The molecule has 2 aliphatic carbocycles. The minimum atomic E-state index is -0.651. The summed E-state index contributed by atoms with van der Waals surface area (Å²) in [6.07, 6.45) is 7.75. The van der Waals surface area contributed by atoms with Crippen LogP contribution in [0.4, 0.5) is 8.78 Å². The van der Waals surface area contributed by atoms with Crippen LogP contribution in [0.25, 0.3) is 0 Å². The van der Waals surface area contributed by atoms with Crippen molar-refractivity contribution in [1.82, 2.24) is 0 Å². The number of phenols is 1. The number of aromatic hydroxyl groups is 1. The van der Waals surface area contributed by atoms with Gasteiger partial charge in [0.1, 0.15) is 23.1 Å². The molecule has 0 heterocycles. The number of rotatable bonds is 3. The Balaban J connectivity index is 1.84. The summed E-state index contributed by atoms with van der Waals surface area (Å²) in [4.78, 5) is 0. The first-order valence-electron chi connectivity index (χ1n) is 9.93. The quantitative estimate of drug-likeness (QED) is 0.721. The number of fused-ring (bicyclic) bond motifs is 1. The second-order valence-electron chi connectivity index (χ2n) is 7.97. The van der Waals surface area contributed by atoms with Gasteiger partial charge in [-0.05, 0) is 47.9 Å². The molecule has 2 aromatic rings. The molecule has 2 aliphatic rings. The molecule has 4 rings (SSSR count). The van der Waals surface area contributed by atoms with Gasteiger partial charge in [0.2, 0.25) is 0 Å². The fourth-order valence-corrected chi connectivity index (χ4v) is 5.26. The fourth-order valence-electron chi connectivity index (χ4n) is 5.26. The highest BCUT2D eigenvalue weighted by atomic mass is 19.1. The monoisotopic (exact) mass is 372 g/mol. The summed E-state index contributed by atoms with van der Waals surface area (Å²) in [7, 11) is 1.63. The molecule has 2 aromatic carbocycles.